The van der Waals surface area contributed by atoms with Gasteiger partial charge in [0.05, 0.1) is 18.5 Å². The maximum absolute atomic E-state index is 11.5. The van der Waals surface area contributed by atoms with Crippen molar-refractivity contribution in [1.82, 2.24) is 19.9 Å². The molecule has 1 aromatic heterocycles. The number of aromatic nitrogens is 1. The zero-order chi connectivity index (χ0) is 18.4. The number of thiazole rings is 1. The molecule has 0 saturated carbocycles. The number of rotatable bonds is 6. The Morgan fingerprint density at radius 3 is 2.54 bits per heavy atom. The van der Waals surface area contributed by atoms with E-state index in [0.717, 1.165) is 36.0 Å². The molecular weight excluding hydrogens is 485 g/mol. The van der Waals surface area contributed by atoms with Gasteiger partial charge in [-0.25, -0.2) is 17.7 Å². The van der Waals surface area contributed by atoms with Gasteiger partial charge in [0.25, 0.3) is 0 Å². The number of nitrogens with zero attached hydrogens (tertiary/aromatic N) is 3. The number of hydrogen-bond donors (Lipinski definition) is 2. The lowest BCUT2D eigenvalue weighted by atomic mass is 9.98. The van der Waals surface area contributed by atoms with Crippen molar-refractivity contribution in [3.63, 3.8) is 0 Å². The third-order valence-corrected chi connectivity index (χ3v) is 6.56. The lowest BCUT2D eigenvalue weighted by molar-refractivity contribution is 0.275. The molecule has 2 heterocycles. The Balaban J connectivity index is 0.00000338. The molecule has 2 N–H and O–H groups in total. The topological polar surface area (TPSA) is 86.7 Å². The Labute approximate surface area is 178 Å². The van der Waals surface area contributed by atoms with Crippen LogP contribution in [-0.4, -0.2) is 56.6 Å². The summed E-state index contributed by atoms with van der Waals surface area (Å²) in [7, 11) is -1.30. The SMILES string of the molecule is CN=C(NCc1nc(C(C)C)cs1)NCC1CCN(S(C)(=O)=O)CC1.I. The monoisotopic (exact) mass is 515 g/mol. The van der Waals surface area contributed by atoms with E-state index in [9.17, 15) is 8.42 Å². The molecule has 0 spiro atoms. The fraction of sp³-hybridized carbons (Fsp3) is 0.750. The van der Waals surface area contributed by atoms with Crippen molar-refractivity contribution >= 4 is 51.3 Å². The van der Waals surface area contributed by atoms with Crippen molar-refractivity contribution in [2.24, 2.45) is 10.9 Å². The van der Waals surface area contributed by atoms with Crippen LogP contribution >= 0.6 is 35.3 Å². The maximum atomic E-state index is 11.5. The van der Waals surface area contributed by atoms with E-state index in [0.29, 0.717) is 31.5 Å². The summed E-state index contributed by atoms with van der Waals surface area (Å²) in [5.41, 5.74) is 1.13. The Bertz CT molecular complexity index is 683. The van der Waals surface area contributed by atoms with Crippen molar-refractivity contribution in [3.05, 3.63) is 16.1 Å². The summed E-state index contributed by atoms with van der Waals surface area (Å²) < 4.78 is 24.7. The highest BCUT2D eigenvalue weighted by Gasteiger charge is 2.24. The second-order valence-electron chi connectivity index (χ2n) is 6.73. The van der Waals surface area contributed by atoms with Crippen LogP contribution in [0.2, 0.25) is 0 Å². The van der Waals surface area contributed by atoms with E-state index < -0.39 is 10.0 Å². The van der Waals surface area contributed by atoms with Crippen molar-refractivity contribution in [3.8, 4) is 0 Å². The van der Waals surface area contributed by atoms with E-state index in [-0.39, 0.29) is 24.0 Å². The highest BCUT2D eigenvalue weighted by Crippen LogP contribution is 2.19. The number of hydrogen-bond acceptors (Lipinski definition) is 5. The Hall–Kier alpha value is -0.460. The summed E-state index contributed by atoms with van der Waals surface area (Å²) in [4.78, 5) is 8.86. The molecule has 7 nitrogen and oxygen atoms in total. The van der Waals surface area contributed by atoms with Crippen LogP contribution in [0.25, 0.3) is 0 Å². The molecule has 1 aliphatic rings. The first-order chi connectivity index (χ1) is 11.8. The van der Waals surface area contributed by atoms with E-state index in [4.69, 9.17) is 0 Å². The minimum Gasteiger partial charge on any atom is -0.356 e. The Kier molecular flexibility index (Phi) is 9.76. The smallest absolute Gasteiger partial charge is 0.211 e. The summed E-state index contributed by atoms with van der Waals surface area (Å²) in [6.07, 6.45) is 3.03. The van der Waals surface area contributed by atoms with Gasteiger partial charge >= 0.3 is 0 Å². The molecule has 0 atom stereocenters. The van der Waals surface area contributed by atoms with E-state index in [1.165, 1.54) is 6.26 Å². The van der Waals surface area contributed by atoms with Gasteiger partial charge in [0.15, 0.2) is 5.96 Å². The van der Waals surface area contributed by atoms with Crippen LogP contribution in [0.1, 0.15) is 43.3 Å². The van der Waals surface area contributed by atoms with Crippen LogP contribution < -0.4 is 10.6 Å². The first kappa shape index (κ1) is 23.6. The predicted molar refractivity (Wildman–Crippen MR) is 119 cm³/mol. The fourth-order valence-corrected chi connectivity index (χ4v) is 4.51. The van der Waals surface area contributed by atoms with Gasteiger partial charge < -0.3 is 10.6 Å². The van der Waals surface area contributed by atoms with Gasteiger partial charge in [-0.1, -0.05) is 13.8 Å². The van der Waals surface area contributed by atoms with Crippen molar-refractivity contribution in [1.29, 1.82) is 0 Å². The van der Waals surface area contributed by atoms with Gasteiger partial charge in [-0.2, -0.15) is 0 Å². The van der Waals surface area contributed by atoms with Crippen molar-refractivity contribution in [2.45, 2.75) is 39.2 Å². The fourth-order valence-electron chi connectivity index (χ4n) is 2.74. The zero-order valence-corrected chi connectivity index (χ0v) is 19.8. The molecule has 10 heteroatoms. The maximum Gasteiger partial charge on any atom is 0.211 e. The number of halogens is 1. The minimum absolute atomic E-state index is 0. The summed E-state index contributed by atoms with van der Waals surface area (Å²) in [6, 6.07) is 0. The molecule has 0 bridgehead atoms. The molecule has 26 heavy (non-hydrogen) atoms. The lowest BCUT2D eigenvalue weighted by Gasteiger charge is -2.30. The molecule has 1 saturated heterocycles. The standard InChI is InChI=1S/C16H29N5O2S2.HI/c1-12(2)14-11-24-15(20-14)10-19-16(17-3)18-9-13-5-7-21(8-6-13)25(4,22)23;/h11-13H,5-10H2,1-4H3,(H2,17,18,19);1H. The Morgan fingerprint density at radius 1 is 1.38 bits per heavy atom. The first-order valence-corrected chi connectivity index (χ1v) is 11.4. The summed E-state index contributed by atoms with van der Waals surface area (Å²) in [6.45, 7) is 6.95. The number of guanidine groups is 1. The normalized spacial score (nSPS) is 17.2. The molecule has 0 unspecified atom stereocenters. The van der Waals surface area contributed by atoms with Crippen LogP contribution in [0.4, 0.5) is 0 Å². The van der Waals surface area contributed by atoms with E-state index >= 15 is 0 Å². The highest BCUT2D eigenvalue weighted by molar-refractivity contribution is 14.0. The molecular formula is C16H30IN5O2S2. The summed E-state index contributed by atoms with van der Waals surface area (Å²) in [5, 5.41) is 9.79. The van der Waals surface area contributed by atoms with Gasteiger partial charge in [0.1, 0.15) is 5.01 Å². The molecule has 0 radical (unpaired) electrons. The second kappa shape index (κ2) is 10.8. The molecule has 0 aliphatic carbocycles. The quantitative estimate of drug-likeness (QED) is 0.345. The molecule has 1 aromatic rings. The second-order valence-corrected chi connectivity index (χ2v) is 9.66. The molecule has 1 aliphatic heterocycles. The van der Waals surface area contributed by atoms with Crippen LogP contribution in [0.15, 0.2) is 10.4 Å². The van der Waals surface area contributed by atoms with Gasteiger partial charge in [-0.05, 0) is 24.7 Å². The molecule has 0 amide bonds. The predicted octanol–water partition coefficient (Wildman–Crippen LogP) is 2.22. The van der Waals surface area contributed by atoms with Gasteiger partial charge in [0.2, 0.25) is 10.0 Å². The number of sulfonamides is 1. The number of piperidine rings is 1. The van der Waals surface area contributed by atoms with Gasteiger partial charge in [-0.3, -0.25) is 4.99 Å². The van der Waals surface area contributed by atoms with Crippen LogP contribution in [0.5, 0.6) is 0 Å². The van der Waals surface area contributed by atoms with E-state index in [2.05, 4.69) is 39.8 Å². The molecule has 1 fully saturated rings. The van der Waals surface area contributed by atoms with Crippen molar-refractivity contribution < 1.29 is 8.42 Å². The molecule has 2 rings (SSSR count). The van der Waals surface area contributed by atoms with Crippen LogP contribution in [0, 0.1) is 5.92 Å². The largest absolute Gasteiger partial charge is 0.356 e. The van der Waals surface area contributed by atoms with Gasteiger partial charge in [-0.15, -0.1) is 35.3 Å². The van der Waals surface area contributed by atoms with Crippen LogP contribution in [-0.2, 0) is 16.6 Å². The van der Waals surface area contributed by atoms with E-state index in [1.54, 1.807) is 22.7 Å². The molecule has 0 aromatic carbocycles. The number of aliphatic imine (C=N–C) groups is 1. The minimum atomic E-state index is -3.06. The van der Waals surface area contributed by atoms with Crippen LogP contribution in [0.3, 0.4) is 0 Å². The Morgan fingerprint density at radius 2 is 2.04 bits per heavy atom. The number of nitrogens with one attached hydrogen (secondary N) is 2. The summed E-state index contributed by atoms with van der Waals surface area (Å²) >= 11 is 1.66. The average molecular weight is 515 g/mol. The zero-order valence-electron chi connectivity index (χ0n) is 15.9. The summed E-state index contributed by atoms with van der Waals surface area (Å²) in [5.74, 6) is 1.66. The lowest BCUT2D eigenvalue weighted by Crippen LogP contribution is -2.43. The van der Waals surface area contributed by atoms with E-state index in [1.807, 2.05) is 0 Å². The average Bonchev–Trinajstić information content (AvgIpc) is 3.04. The third kappa shape index (κ3) is 7.28. The highest BCUT2D eigenvalue weighted by atomic mass is 127. The molecule has 150 valence electrons. The first-order valence-electron chi connectivity index (χ1n) is 8.63. The van der Waals surface area contributed by atoms with Gasteiger partial charge in [0, 0.05) is 32.1 Å². The van der Waals surface area contributed by atoms with Crippen molar-refractivity contribution in [2.75, 3.05) is 32.9 Å². The third-order valence-electron chi connectivity index (χ3n) is 4.39.